The maximum absolute atomic E-state index is 8.85. The van der Waals surface area contributed by atoms with E-state index in [1.807, 2.05) is 12.1 Å². The van der Waals surface area contributed by atoms with Crippen molar-refractivity contribution in [3.8, 4) is 6.07 Å². The van der Waals surface area contributed by atoms with Crippen LogP contribution in [0.5, 0.6) is 0 Å². The van der Waals surface area contributed by atoms with Gasteiger partial charge in [0.15, 0.2) is 0 Å². The van der Waals surface area contributed by atoms with Crippen molar-refractivity contribution in [1.29, 1.82) is 5.26 Å². The van der Waals surface area contributed by atoms with Crippen LogP contribution in [-0.4, -0.2) is 25.3 Å². The third-order valence-corrected chi connectivity index (χ3v) is 3.79. The molecule has 1 aromatic carbocycles. The van der Waals surface area contributed by atoms with Crippen LogP contribution in [0.15, 0.2) is 18.2 Å². The highest BCUT2D eigenvalue weighted by Gasteiger charge is 2.33. The fourth-order valence-corrected chi connectivity index (χ4v) is 2.83. The first-order chi connectivity index (χ1) is 8.26. The van der Waals surface area contributed by atoms with Crippen LogP contribution in [0.3, 0.4) is 0 Å². The molecule has 3 nitrogen and oxygen atoms in total. The monoisotopic (exact) mass is 248 g/mol. The van der Waals surface area contributed by atoms with Gasteiger partial charge in [0.25, 0.3) is 0 Å². The van der Waals surface area contributed by atoms with Crippen LogP contribution < -0.4 is 4.90 Å². The predicted molar refractivity (Wildman–Crippen MR) is 66.3 cm³/mol. The van der Waals surface area contributed by atoms with E-state index in [1.54, 1.807) is 6.07 Å². The largest absolute Gasteiger partial charge is 0.371 e. The van der Waals surface area contributed by atoms with E-state index >= 15 is 0 Å². The average Bonchev–Trinajstić information content (AvgIpc) is 2.68. The molecule has 0 amide bonds. The van der Waals surface area contributed by atoms with Gasteiger partial charge in [0.2, 0.25) is 0 Å². The fraction of sp³-hybridized carbons (Fsp3) is 0.462. The number of benzene rings is 1. The van der Waals surface area contributed by atoms with E-state index in [2.05, 4.69) is 11.0 Å². The van der Waals surface area contributed by atoms with Crippen molar-refractivity contribution < 1.29 is 4.74 Å². The number of nitriles is 1. The predicted octanol–water partition coefficient (Wildman–Crippen LogP) is 2.58. The summed E-state index contributed by atoms with van der Waals surface area (Å²) in [6.07, 6.45) is 3.04. The van der Waals surface area contributed by atoms with Crippen molar-refractivity contribution in [3.63, 3.8) is 0 Å². The first kappa shape index (κ1) is 10.9. The van der Waals surface area contributed by atoms with Gasteiger partial charge in [0, 0.05) is 18.8 Å². The van der Waals surface area contributed by atoms with E-state index in [1.165, 1.54) is 0 Å². The normalized spacial score (nSPS) is 26.9. The summed E-state index contributed by atoms with van der Waals surface area (Å²) >= 11 is 6.06. The Labute approximate surface area is 106 Å². The highest BCUT2D eigenvalue weighted by Crippen LogP contribution is 2.31. The molecule has 88 valence electrons. The van der Waals surface area contributed by atoms with Gasteiger partial charge in [-0.05, 0) is 31.0 Å². The minimum absolute atomic E-state index is 0.364. The fourth-order valence-electron chi connectivity index (χ4n) is 2.62. The van der Waals surface area contributed by atoms with E-state index in [0.29, 0.717) is 22.8 Å². The minimum Gasteiger partial charge on any atom is -0.371 e. The van der Waals surface area contributed by atoms with E-state index in [-0.39, 0.29) is 0 Å². The van der Waals surface area contributed by atoms with Crippen molar-refractivity contribution >= 4 is 17.3 Å². The summed E-state index contributed by atoms with van der Waals surface area (Å²) in [5.41, 5.74) is 1.63. The van der Waals surface area contributed by atoms with Gasteiger partial charge in [-0.2, -0.15) is 5.26 Å². The van der Waals surface area contributed by atoms with Crippen LogP contribution in [-0.2, 0) is 4.74 Å². The van der Waals surface area contributed by atoms with Gasteiger partial charge in [0.05, 0.1) is 22.8 Å². The number of fused-ring (bicyclic) bond motifs is 2. The van der Waals surface area contributed by atoms with Crippen LogP contribution in [0.2, 0.25) is 5.02 Å². The second-order valence-electron chi connectivity index (χ2n) is 4.64. The average molecular weight is 249 g/mol. The molecule has 0 spiro atoms. The molecule has 2 aliphatic heterocycles. The lowest BCUT2D eigenvalue weighted by Gasteiger charge is -2.34. The number of hydrogen-bond acceptors (Lipinski definition) is 3. The number of hydrogen-bond donors (Lipinski definition) is 0. The highest BCUT2D eigenvalue weighted by atomic mass is 35.5. The van der Waals surface area contributed by atoms with Gasteiger partial charge < -0.3 is 9.64 Å². The molecule has 17 heavy (non-hydrogen) atoms. The van der Waals surface area contributed by atoms with Crippen molar-refractivity contribution in [2.24, 2.45) is 0 Å². The molecule has 0 saturated carbocycles. The number of morpholine rings is 1. The molecule has 0 aromatic heterocycles. The summed E-state index contributed by atoms with van der Waals surface area (Å²) in [6, 6.07) is 7.71. The second kappa shape index (κ2) is 4.21. The van der Waals surface area contributed by atoms with Crippen LogP contribution in [0.1, 0.15) is 18.4 Å². The number of rotatable bonds is 1. The van der Waals surface area contributed by atoms with Gasteiger partial charge in [0.1, 0.15) is 6.07 Å². The van der Waals surface area contributed by atoms with Crippen molar-refractivity contribution in [2.45, 2.75) is 25.0 Å². The molecular formula is C13H13ClN2O. The van der Waals surface area contributed by atoms with E-state index in [0.717, 1.165) is 31.6 Å². The lowest BCUT2D eigenvalue weighted by Crippen LogP contribution is -2.42. The molecule has 2 fully saturated rings. The molecule has 0 N–H and O–H groups in total. The Morgan fingerprint density at radius 2 is 2.00 bits per heavy atom. The zero-order chi connectivity index (χ0) is 11.8. The Bertz CT molecular complexity index is 471. The molecular weight excluding hydrogens is 236 g/mol. The Morgan fingerprint density at radius 1 is 1.29 bits per heavy atom. The summed E-state index contributed by atoms with van der Waals surface area (Å²) in [4.78, 5) is 2.30. The quantitative estimate of drug-likeness (QED) is 0.767. The maximum Gasteiger partial charge on any atom is 0.101 e. The number of halogens is 1. The number of anilines is 1. The first-order valence-corrected chi connectivity index (χ1v) is 6.24. The van der Waals surface area contributed by atoms with E-state index in [9.17, 15) is 0 Å². The zero-order valence-electron chi connectivity index (χ0n) is 9.40. The minimum atomic E-state index is 0.364. The van der Waals surface area contributed by atoms with Crippen LogP contribution in [0, 0.1) is 11.3 Å². The van der Waals surface area contributed by atoms with Crippen molar-refractivity contribution in [2.75, 3.05) is 18.0 Å². The van der Waals surface area contributed by atoms with E-state index in [4.69, 9.17) is 21.6 Å². The SMILES string of the molecule is N#Cc1ccc(N2CC3CCC(C2)O3)cc1Cl. The molecule has 0 aliphatic carbocycles. The third kappa shape index (κ3) is 1.99. The lowest BCUT2D eigenvalue weighted by atomic mass is 10.2. The summed E-state index contributed by atoms with van der Waals surface area (Å²) < 4.78 is 5.80. The van der Waals surface area contributed by atoms with E-state index < -0.39 is 0 Å². The Balaban J connectivity index is 1.85. The molecule has 2 unspecified atom stereocenters. The topological polar surface area (TPSA) is 36.3 Å². The molecule has 2 atom stereocenters. The summed E-state index contributed by atoms with van der Waals surface area (Å²) in [6.45, 7) is 1.86. The number of nitrogens with zero attached hydrogens (tertiary/aromatic N) is 2. The van der Waals surface area contributed by atoms with Gasteiger partial charge in [-0.1, -0.05) is 11.6 Å². The molecule has 0 radical (unpaired) electrons. The molecule has 3 rings (SSSR count). The third-order valence-electron chi connectivity index (χ3n) is 3.48. The van der Waals surface area contributed by atoms with Gasteiger partial charge in [-0.3, -0.25) is 0 Å². The van der Waals surface area contributed by atoms with Crippen LogP contribution >= 0.6 is 11.6 Å². The Morgan fingerprint density at radius 3 is 2.59 bits per heavy atom. The Kier molecular flexibility index (Phi) is 2.70. The lowest BCUT2D eigenvalue weighted by molar-refractivity contribution is 0.0305. The summed E-state index contributed by atoms with van der Waals surface area (Å²) in [7, 11) is 0. The summed E-state index contributed by atoms with van der Waals surface area (Å²) in [5.74, 6) is 0. The zero-order valence-corrected chi connectivity index (χ0v) is 10.2. The number of ether oxygens (including phenoxy) is 1. The van der Waals surface area contributed by atoms with Gasteiger partial charge >= 0.3 is 0 Å². The highest BCUT2D eigenvalue weighted by molar-refractivity contribution is 6.32. The molecule has 2 saturated heterocycles. The molecule has 2 aliphatic rings. The first-order valence-electron chi connectivity index (χ1n) is 5.86. The van der Waals surface area contributed by atoms with Crippen LogP contribution in [0.4, 0.5) is 5.69 Å². The molecule has 2 bridgehead atoms. The van der Waals surface area contributed by atoms with Crippen molar-refractivity contribution in [1.82, 2.24) is 0 Å². The maximum atomic E-state index is 8.85. The molecule has 4 heteroatoms. The van der Waals surface area contributed by atoms with Crippen LogP contribution in [0.25, 0.3) is 0 Å². The smallest absolute Gasteiger partial charge is 0.101 e. The van der Waals surface area contributed by atoms with Gasteiger partial charge in [-0.25, -0.2) is 0 Å². The van der Waals surface area contributed by atoms with Gasteiger partial charge in [-0.15, -0.1) is 0 Å². The molecule has 2 heterocycles. The standard InChI is InChI=1S/C13H13ClN2O/c14-13-5-10(2-1-9(13)6-15)16-7-11-3-4-12(8-16)17-11/h1-2,5,11-12H,3-4,7-8H2. The van der Waals surface area contributed by atoms with Crippen molar-refractivity contribution in [3.05, 3.63) is 28.8 Å². The summed E-state index contributed by atoms with van der Waals surface area (Å²) in [5, 5.41) is 9.38. The second-order valence-corrected chi connectivity index (χ2v) is 5.05. The molecule has 1 aromatic rings. The Hall–Kier alpha value is -1.24.